The fourth-order valence-corrected chi connectivity index (χ4v) is 2.12. The van der Waals surface area contributed by atoms with Gasteiger partial charge in [0.25, 0.3) is 0 Å². The molecule has 1 aromatic carbocycles. The second-order valence-electron chi connectivity index (χ2n) is 5.61. The molecule has 0 heterocycles. The highest BCUT2D eigenvalue weighted by molar-refractivity contribution is 5.74. The van der Waals surface area contributed by atoms with Gasteiger partial charge in [0.05, 0.1) is 0 Å². The predicted octanol–water partition coefficient (Wildman–Crippen LogP) is 1.85. The van der Waals surface area contributed by atoms with Gasteiger partial charge in [0.2, 0.25) is 0 Å². The third-order valence-corrected chi connectivity index (χ3v) is 3.36. The molecule has 22 heavy (non-hydrogen) atoms. The zero-order valence-corrected chi connectivity index (χ0v) is 13.5. The minimum absolute atomic E-state index is 0.0390. The summed E-state index contributed by atoms with van der Waals surface area (Å²) in [6.07, 6.45) is 1.28. The van der Waals surface area contributed by atoms with Crippen molar-refractivity contribution in [3.05, 3.63) is 35.1 Å². The lowest BCUT2D eigenvalue weighted by molar-refractivity contribution is 0.227. The standard InChI is InChI=1S/C16H26FN3O2/c1-4-14(7-8-21)19-16(22)18-10-12-5-6-13(11-20(2)3)15(17)9-12/h5-6,9,14,21H,4,7-8,10-11H2,1-3H3,(H2,18,19,22). The molecule has 2 amide bonds. The number of nitrogens with one attached hydrogen (secondary N) is 2. The van der Waals surface area contributed by atoms with E-state index in [1.165, 1.54) is 6.07 Å². The van der Waals surface area contributed by atoms with E-state index in [0.717, 1.165) is 6.42 Å². The van der Waals surface area contributed by atoms with Gasteiger partial charge in [0, 0.05) is 31.3 Å². The highest BCUT2D eigenvalue weighted by Gasteiger charge is 2.10. The van der Waals surface area contributed by atoms with Crippen LogP contribution in [0.1, 0.15) is 30.9 Å². The van der Waals surface area contributed by atoms with Crippen molar-refractivity contribution in [1.82, 2.24) is 15.5 Å². The van der Waals surface area contributed by atoms with Gasteiger partial charge < -0.3 is 20.6 Å². The summed E-state index contributed by atoms with van der Waals surface area (Å²) in [4.78, 5) is 13.7. The van der Waals surface area contributed by atoms with Gasteiger partial charge in [0.1, 0.15) is 5.82 Å². The maximum atomic E-state index is 13.9. The number of hydrogen-bond donors (Lipinski definition) is 3. The quantitative estimate of drug-likeness (QED) is 0.686. The summed E-state index contributed by atoms with van der Waals surface area (Å²) in [5.41, 5.74) is 1.34. The first-order chi connectivity index (χ1) is 10.5. The number of halogens is 1. The number of amides is 2. The van der Waals surface area contributed by atoms with E-state index in [9.17, 15) is 9.18 Å². The molecule has 0 aliphatic heterocycles. The molecule has 3 N–H and O–H groups in total. The Hall–Kier alpha value is -1.66. The second kappa shape index (κ2) is 9.38. The van der Waals surface area contributed by atoms with Gasteiger partial charge in [-0.15, -0.1) is 0 Å². The molecule has 0 aliphatic carbocycles. The van der Waals surface area contributed by atoms with E-state index in [-0.39, 0.29) is 31.0 Å². The summed E-state index contributed by atoms with van der Waals surface area (Å²) >= 11 is 0. The van der Waals surface area contributed by atoms with Crippen LogP contribution in [0, 0.1) is 5.82 Å². The molecule has 0 saturated heterocycles. The summed E-state index contributed by atoms with van der Waals surface area (Å²) in [5, 5.41) is 14.4. The van der Waals surface area contributed by atoms with Crippen LogP contribution in [0.4, 0.5) is 9.18 Å². The number of nitrogens with zero attached hydrogens (tertiary/aromatic N) is 1. The van der Waals surface area contributed by atoms with Gasteiger partial charge in [-0.2, -0.15) is 0 Å². The Bertz CT molecular complexity index is 480. The zero-order chi connectivity index (χ0) is 16.5. The average molecular weight is 311 g/mol. The molecule has 0 spiro atoms. The number of benzene rings is 1. The fourth-order valence-electron chi connectivity index (χ4n) is 2.12. The van der Waals surface area contributed by atoms with Crippen molar-refractivity contribution >= 4 is 6.03 Å². The Kier molecular flexibility index (Phi) is 7.84. The third-order valence-electron chi connectivity index (χ3n) is 3.36. The number of carbonyl (C=O) groups excluding carboxylic acids is 1. The lowest BCUT2D eigenvalue weighted by Crippen LogP contribution is -2.41. The van der Waals surface area contributed by atoms with Gasteiger partial charge in [-0.3, -0.25) is 0 Å². The highest BCUT2D eigenvalue weighted by Crippen LogP contribution is 2.12. The smallest absolute Gasteiger partial charge is 0.315 e. The second-order valence-corrected chi connectivity index (χ2v) is 5.61. The maximum Gasteiger partial charge on any atom is 0.315 e. The maximum absolute atomic E-state index is 13.9. The Morgan fingerprint density at radius 1 is 1.41 bits per heavy atom. The molecule has 1 rings (SSSR count). The van der Waals surface area contributed by atoms with Gasteiger partial charge >= 0.3 is 6.03 Å². The zero-order valence-electron chi connectivity index (χ0n) is 13.5. The van der Waals surface area contributed by atoms with Crippen molar-refractivity contribution in [2.75, 3.05) is 20.7 Å². The van der Waals surface area contributed by atoms with Gasteiger partial charge in [0.15, 0.2) is 0 Å². The van der Waals surface area contributed by atoms with E-state index in [1.807, 2.05) is 32.0 Å². The molecule has 6 heteroatoms. The van der Waals surface area contributed by atoms with Crippen LogP contribution in [-0.2, 0) is 13.1 Å². The van der Waals surface area contributed by atoms with Crippen molar-refractivity contribution in [2.24, 2.45) is 0 Å². The average Bonchev–Trinajstić information content (AvgIpc) is 2.46. The minimum atomic E-state index is -0.307. The first-order valence-electron chi connectivity index (χ1n) is 7.53. The number of aliphatic hydroxyl groups excluding tert-OH is 1. The van der Waals surface area contributed by atoms with Gasteiger partial charge in [-0.25, -0.2) is 9.18 Å². The molecule has 1 atom stereocenters. The van der Waals surface area contributed by atoms with Crippen LogP contribution in [0.2, 0.25) is 0 Å². The summed E-state index contributed by atoms with van der Waals surface area (Å²) in [5.74, 6) is -0.264. The van der Waals surface area contributed by atoms with Crippen LogP contribution < -0.4 is 10.6 Å². The Labute approximate surface area is 131 Å². The molecule has 0 fully saturated rings. The Balaban J connectivity index is 2.50. The van der Waals surface area contributed by atoms with Crippen LogP contribution in [-0.4, -0.2) is 42.8 Å². The monoisotopic (exact) mass is 311 g/mol. The van der Waals surface area contributed by atoms with Gasteiger partial charge in [-0.1, -0.05) is 19.1 Å². The molecule has 0 radical (unpaired) electrons. The molecular formula is C16H26FN3O2. The molecule has 124 valence electrons. The summed E-state index contributed by atoms with van der Waals surface area (Å²) in [6.45, 7) is 2.79. The largest absolute Gasteiger partial charge is 0.396 e. The van der Waals surface area contributed by atoms with E-state index >= 15 is 0 Å². The summed E-state index contributed by atoms with van der Waals surface area (Å²) in [6, 6.07) is 4.64. The van der Waals surface area contributed by atoms with Crippen LogP contribution in [0.5, 0.6) is 0 Å². The van der Waals surface area contributed by atoms with E-state index in [0.29, 0.717) is 24.1 Å². The highest BCUT2D eigenvalue weighted by atomic mass is 19.1. The van der Waals surface area contributed by atoms with Crippen LogP contribution in [0.15, 0.2) is 18.2 Å². The molecule has 0 saturated carbocycles. The van der Waals surface area contributed by atoms with E-state index in [1.54, 1.807) is 6.07 Å². The lowest BCUT2D eigenvalue weighted by Gasteiger charge is -2.16. The number of hydrogen-bond acceptors (Lipinski definition) is 3. The first kappa shape index (κ1) is 18.4. The SMILES string of the molecule is CCC(CCO)NC(=O)NCc1ccc(CN(C)C)c(F)c1. The Morgan fingerprint density at radius 2 is 2.14 bits per heavy atom. The molecule has 0 bridgehead atoms. The molecule has 0 aliphatic rings. The fraction of sp³-hybridized carbons (Fsp3) is 0.562. The van der Waals surface area contributed by atoms with Crippen molar-refractivity contribution < 1.29 is 14.3 Å². The number of urea groups is 1. The number of aliphatic hydroxyl groups is 1. The van der Waals surface area contributed by atoms with Crippen molar-refractivity contribution in [3.63, 3.8) is 0 Å². The molecule has 5 nitrogen and oxygen atoms in total. The molecular weight excluding hydrogens is 285 g/mol. The van der Waals surface area contributed by atoms with Gasteiger partial charge in [-0.05, 0) is 38.6 Å². The van der Waals surface area contributed by atoms with E-state index in [2.05, 4.69) is 10.6 Å². The molecule has 0 aromatic heterocycles. The van der Waals surface area contributed by atoms with Crippen LogP contribution in [0.3, 0.4) is 0 Å². The molecule has 1 unspecified atom stereocenters. The van der Waals surface area contributed by atoms with E-state index < -0.39 is 0 Å². The predicted molar refractivity (Wildman–Crippen MR) is 84.9 cm³/mol. The Morgan fingerprint density at radius 3 is 2.68 bits per heavy atom. The van der Waals surface area contributed by atoms with Crippen LogP contribution >= 0.6 is 0 Å². The van der Waals surface area contributed by atoms with Crippen molar-refractivity contribution in [3.8, 4) is 0 Å². The van der Waals surface area contributed by atoms with Crippen molar-refractivity contribution in [1.29, 1.82) is 0 Å². The summed E-state index contributed by atoms with van der Waals surface area (Å²) in [7, 11) is 3.77. The topological polar surface area (TPSA) is 64.6 Å². The van der Waals surface area contributed by atoms with Crippen LogP contribution in [0.25, 0.3) is 0 Å². The van der Waals surface area contributed by atoms with E-state index in [4.69, 9.17) is 5.11 Å². The first-order valence-corrected chi connectivity index (χ1v) is 7.53. The lowest BCUT2D eigenvalue weighted by atomic mass is 10.1. The normalized spacial score (nSPS) is 12.3. The minimum Gasteiger partial charge on any atom is -0.396 e. The number of rotatable bonds is 8. The summed E-state index contributed by atoms with van der Waals surface area (Å²) < 4.78 is 13.9. The third kappa shape index (κ3) is 6.41. The molecule has 1 aromatic rings. The van der Waals surface area contributed by atoms with Crippen molar-refractivity contribution in [2.45, 2.75) is 38.9 Å². The number of carbonyl (C=O) groups is 1.